The van der Waals surface area contributed by atoms with Crippen molar-refractivity contribution in [2.75, 3.05) is 6.54 Å². The second-order valence-electron chi connectivity index (χ2n) is 5.88. The summed E-state index contributed by atoms with van der Waals surface area (Å²) in [5.74, 6) is 0. The Balaban J connectivity index is 2.24. The molecule has 1 heteroatoms. The zero-order chi connectivity index (χ0) is 16.1. The maximum atomic E-state index is 5.73. The van der Waals surface area contributed by atoms with Crippen LogP contribution >= 0.6 is 0 Å². The molecule has 2 aromatic carbocycles. The number of hydrogen-bond donors (Lipinski definition) is 1. The molecule has 0 saturated heterocycles. The summed E-state index contributed by atoms with van der Waals surface area (Å²) < 4.78 is 0. The van der Waals surface area contributed by atoms with Crippen molar-refractivity contribution in [3.8, 4) is 0 Å². The third-order valence-corrected chi connectivity index (χ3v) is 4.28. The minimum absolute atomic E-state index is 0.689. The van der Waals surface area contributed by atoms with Gasteiger partial charge in [-0.3, -0.25) is 0 Å². The first kappa shape index (κ1) is 15.5. The highest BCUT2D eigenvalue weighted by atomic mass is 14.5. The van der Waals surface area contributed by atoms with Gasteiger partial charge in [0.25, 0.3) is 0 Å². The topological polar surface area (TPSA) is 26.0 Å². The van der Waals surface area contributed by atoms with E-state index in [2.05, 4.69) is 79.7 Å². The Labute approximate surface area is 138 Å². The molecule has 2 aromatic rings. The van der Waals surface area contributed by atoms with Crippen LogP contribution in [-0.2, 0) is 0 Å². The van der Waals surface area contributed by atoms with Crippen molar-refractivity contribution in [3.63, 3.8) is 0 Å². The molecule has 3 rings (SSSR count). The first-order valence-electron chi connectivity index (χ1n) is 8.23. The van der Waals surface area contributed by atoms with Crippen molar-refractivity contribution in [2.24, 2.45) is 5.73 Å². The number of allylic oxidation sites excluding steroid dienone is 5. The van der Waals surface area contributed by atoms with Crippen LogP contribution in [0.5, 0.6) is 0 Å². The van der Waals surface area contributed by atoms with E-state index in [1.54, 1.807) is 0 Å². The summed E-state index contributed by atoms with van der Waals surface area (Å²) in [6.07, 6.45) is 6.53. The molecule has 0 unspecified atom stereocenters. The Morgan fingerprint density at radius 2 is 1.43 bits per heavy atom. The molecule has 0 radical (unpaired) electrons. The van der Waals surface area contributed by atoms with Crippen LogP contribution in [0.3, 0.4) is 0 Å². The minimum Gasteiger partial charge on any atom is -0.330 e. The second kappa shape index (κ2) is 7.26. The Bertz CT molecular complexity index is 749. The summed E-state index contributed by atoms with van der Waals surface area (Å²) >= 11 is 0. The van der Waals surface area contributed by atoms with Gasteiger partial charge in [-0.05, 0) is 59.7 Å². The van der Waals surface area contributed by atoms with Gasteiger partial charge in [0.05, 0.1) is 0 Å². The molecule has 2 N–H and O–H groups in total. The molecule has 1 aliphatic carbocycles. The van der Waals surface area contributed by atoms with Gasteiger partial charge in [-0.25, -0.2) is 0 Å². The lowest BCUT2D eigenvalue weighted by atomic mass is 9.80. The molecule has 0 heterocycles. The van der Waals surface area contributed by atoms with Gasteiger partial charge in [-0.15, -0.1) is 0 Å². The highest BCUT2D eigenvalue weighted by Gasteiger charge is 2.20. The number of hydrogen-bond acceptors (Lipinski definition) is 1. The lowest BCUT2D eigenvalue weighted by Gasteiger charge is -2.24. The van der Waals surface area contributed by atoms with Gasteiger partial charge >= 0.3 is 0 Å². The quantitative estimate of drug-likeness (QED) is 0.823. The van der Waals surface area contributed by atoms with Crippen LogP contribution in [0, 0.1) is 0 Å². The maximum Gasteiger partial charge on any atom is -0.00424 e. The van der Waals surface area contributed by atoms with E-state index in [1.807, 2.05) is 0 Å². The lowest BCUT2D eigenvalue weighted by Crippen LogP contribution is -2.04. The molecule has 116 valence electrons. The predicted octanol–water partition coefficient (Wildman–Crippen LogP) is 5.22. The third-order valence-electron chi connectivity index (χ3n) is 4.28. The number of rotatable bonds is 4. The van der Waals surface area contributed by atoms with E-state index in [9.17, 15) is 0 Å². The van der Waals surface area contributed by atoms with Gasteiger partial charge in [0.2, 0.25) is 0 Å². The largest absolute Gasteiger partial charge is 0.330 e. The second-order valence-corrected chi connectivity index (χ2v) is 5.88. The Morgan fingerprint density at radius 1 is 0.870 bits per heavy atom. The first-order valence-corrected chi connectivity index (χ1v) is 8.23. The van der Waals surface area contributed by atoms with Crippen LogP contribution in [0.15, 0.2) is 84.0 Å². The van der Waals surface area contributed by atoms with Crippen LogP contribution < -0.4 is 5.73 Å². The fraction of sp³-hybridized carbons (Fsp3) is 0.182. The monoisotopic (exact) mass is 301 g/mol. The molecule has 1 aliphatic rings. The third kappa shape index (κ3) is 3.35. The molecule has 0 amide bonds. The van der Waals surface area contributed by atoms with Crippen LogP contribution in [0.25, 0.3) is 11.1 Å². The highest BCUT2D eigenvalue weighted by Crippen LogP contribution is 2.41. The van der Waals surface area contributed by atoms with E-state index in [4.69, 9.17) is 5.73 Å². The summed E-state index contributed by atoms with van der Waals surface area (Å²) in [6.45, 7) is 2.90. The van der Waals surface area contributed by atoms with Gasteiger partial charge in [-0.1, -0.05) is 72.8 Å². The van der Waals surface area contributed by atoms with Crippen molar-refractivity contribution in [2.45, 2.75) is 19.8 Å². The molecule has 0 aromatic heterocycles. The van der Waals surface area contributed by atoms with Gasteiger partial charge in [-0.2, -0.15) is 0 Å². The molecule has 0 atom stereocenters. The summed E-state index contributed by atoms with van der Waals surface area (Å²) in [5, 5.41) is 0. The molecule has 0 bridgehead atoms. The minimum atomic E-state index is 0.689. The highest BCUT2D eigenvalue weighted by molar-refractivity contribution is 6.05. The summed E-state index contributed by atoms with van der Waals surface area (Å²) in [5.41, 5.74) is 13.7. The van der Waals surface area contributed by atoms with Crippen molar-refractivity contribution in [3.05, 3.63) is 95.1 Å². The van der Waals surface area contributed by atoms with Crippen molar-refractivity contribution >= 4 is 11.1 Å². The predicted molar refractivity (Wildman–Crippen MR) is 99.8 cm³/mol. The fourth-order valence-electron chi connectivity index (χ4n) is 3.18. The zero-order valence-corrected chi connectivity index (χ0v) is 13.6. The van der Waals surface area contributed by atoms with E-state index in [0.29, 0.717) is 6.54 Å². The van der Waals surface area contributed by atoms with Crippen LogP contribution in [0.2, 0.25) is 0 Å². The Kier molecular flexibility index (Phi) is 4.89. The van der Waals surface area contributed by atoms with E-state index in [-0.39, 0.29) is 0 Å². The molecule has 1 nitrogen and oxygen atoms in total. The van der Waals surface area contributed by atoms with E-state index >= 15 is 0 Å². The van der Waals surface area contributed by atoms with Crippen molar-refractivity contribution in [1.82, 2.24) is 0 Å². The summed E-state index contributed by atoms with van der Waals surface area (Å²) in [6, 6.07) is 21.4. The van der Waals surface area contributed by atoms with Crippen molar-refractivity contribution in [1.29, 1.82) is 0 Å². The molecule has 0 spiro atoms. The smallest absolute Gasteiger partial charge is 0.00424 e. The summed E-state index contributed by atoms with van der Waals surface area (Å²) in [4.78, 5) is 0. The average Bonchev–Trinajstić information content (AvgIpc) is 2.62. The van der Waals surface area contributed by atoms with Gasteiger partial charge in [0, 0.05) is 0 Å². The summed E-state index contributed by atoms with van der Waals surface area (Å²) in [7, 11) is 0. The van der Waals surface area contributed by atoms with E-state index in [0.717, 1.165) is 12.8 Å². The van der Waals surface area contributed by atoms with E-state index in [1.165, 1.54) is 33.4 Å². The molecule has 0 aliphatic heterocycles. The van der Waals surface area contributed by atoms with E-state index < -0.39 is 0 Å². The normalized spacial score (nSPS) is 16.6. The number of benzene rings is 2. The van der Waals surface area contributed by atoms with Gasteiger partial charge < -0.3 is 5.73 Å². The average molecular weight is 301 g/mol. The fourth-order valence-corrected chi connectivity index (χ4v) is 3.18. The maximum absolute atomic E-state index is 5.73. The zero-order valence-electron chi connectivity index (χ0n) is 13.6. The molecular weight excluding hydrogens is 278 g/mol. The molecule has 0 fully saturated rings. The Morgan fingerprint density at radius 3 is 2.00 bits per heavy atom. The van der Waals surface area contributed by atoms with Crippen molar-refractivity contribution < 1.29 is 0 Å². The van der Waals surface area contributed by atoms with Gasteiger partial charge in [0.15, 0.2) is 0 Å². The number of nitrogens with two attached hydrogens (primary N) is 1. The van der Waals surface area contributed by atoms with Gasteiger partial charge in [0.1, 0.15) is 0 Å². The van der Waals surface area contributed by atoms with Crippen LogP contribution in [0.4, 0.5) is 0 Å². The molecular formula is C22H23N. The van der Waals surface area contributed by atoms with Crippen LogP contribution in [0.1, 0.15) is 30.9 Å². The van der Waals surface area contributed by atoms with Crippen LogP contribution in [-0.4, -0.2) is 6.54 Å². The molecule has 23 heavy (non-hydrogen) atoms. The lowest BCUT2D eigenvalue weighted by molar-refractivity contribution is 0.994. The molecule has 0 saturated carbocycles. The Hall–Kier alpha value is -2.38. The standard InChI is InChI=1S/C22H23N/c1-17-14-15-20(13-8-16-23)22(19-11-6-3-7-12-19)21(17)18-9-4-2-5-10-18/h2-7,9-14H,8,15-16,23H2,1H3/b20-13+. The first-order chi connectivity index (χ1) is 11.3. The SMILES string of the molecule is CC1=CC/C(=C\CCN)C(c2ccccc2)=C1c1ccccc1.